The Balaban J connectivity index is 2.06. The summed E-state index contributed by atoms with van der Waals surface area (Å²) in [7, 11) is 0. The fourth-order valence-electron chi connectivity index (χ4n) is 2.67. The maximum atomic E-state index is 13.3. The van der Waals surface area contributed by atoms with Crippen molar-refractivity contribution in [3.05, 3.63) is 29.8 Å². The van der Waals surface area contributed by atoms with Gasteiger partial charge in [-0.1, -0.05) is 6.92 Å². The lowest BCUT2D eigenvalue weighted by Crippen LogP contribution is -2.42. The van der Waals surface area contributed by atoms with Crippen molar-refractivity contribution in [2.24, 2.45) is 5.92 Å². The van der Waals surface area contributed by atoms with Crippen LogP contribution in [0, 0.1) is 17.6 Å². The van der Waals surface area contributed by atoms with E-state index in [0.717, 1.165) is 12.1 Å². The Hall–Kier alpha value is -2.02. The maximum Gasteiger partial charge on any atom is 0.239 e. The van der Waals surface area contributed by atoms with Crippen LogP contribution in [0.2, 0.25) is 0 Å². The Bertz CT molecular complexity index is 595. The van der Waals surface area contributed by atoms with Crippen LogP contribution in [0.5, 0.6) is 0 Å². The van der Waals surface area contributed by atoms with Gasteiger partial charge in [0, 0.05) is 30.9 Å². The Morgan fingerprint density at radius 3 is 2.78 bits per heavy atom. The summed E-state index contributed by atoms with van der Waals surface area (Å²) >= 11 is 0. The van der Waals surface area contributed by atoms with Crippen LogP contribution in [-0.4, -0.2) is 36.1 Å². The number of aliphatic hydroxyl groups excluding tert-OH is 1. The fraction of sp³-hybridized carbons (Fsp3) is 0.500. The number of nitrogens with zero attached hydrogens (tertiary/aromatic N) is 1. The molecule has 1 aliphatic rings. The number of hydrogen-bond donors (Lipinski definition) is 2. The van der Waals surface area contributed by atoms with Gasteiger partial charge in [-0.2, -0.15) is 0 Å². The van der Waals surface area contributed by atoms with Gasteiger partial charge in [0.05, 0.1) is 0 Å². The van der Waals surface area contributed by atoms with Crippen LogP contribution in [0.15, 0.2) is 18.2 Å². The number of carbonyl (C=O) groups is 2. The van der Waals surface area contributed by atoms with Gasteiger partial charge in [0.25, 0.3) is 0 Å². The molecule has 0 bridgehead atoms. The lowest BCUT2D eigenvalue weighted by Gasteiger charge is -2.19. The Morgan fingerprint density at radius 2 is 2.17 bits per heavy atom. The molecule has 2 amide bonds. The minimum atomic E-state index is -1.03. The highest BCUT2D eigenvalue weighted by atomic mass is 19.2. The zero-order valence-corrected chi connectivity index (χ0v) is 12.9. The first-order valence-corrected chi connectivity index (χ1v) is 7.65. The fourth-order valence-corrected chi connectivity index (χ4v) is 2.67. The highest BCUT2D eigenvalue weighted by Gasteiger charge is 2.38. The molecule has 1 saturated heterocycles. The van der Waals surface area contributed by atoms with E-state index in [1.165, 1.54) is 11.0 Å². The number of nitrogens with one attached hydrogen (secondary N) is 1. The van der Waals surface area contributed by atoms with E-state index in [1.54, 1.807) is 0 Å². The van der Waals surface area contributed by atoms with Gasteiger partial charge in [-0.05, 0) is 31.4 Å². The summed E-state index contributed by atoms with van der Waals surface area (Å²) in [5.74, 6) is -3.66. The van der Waals surface area contributed by atoms with E-state index in [0.29, 0.717) is 19.3 Å². The zero-order chi connectivity index (χ0) is 17.0. The minimum absolute atomic E-state index is 0.0433. The zero-order valence-electron chi connectivity index (χ0n) is 12.9. The Kier molecular flexibility index (Phi) is 5.65. The lowest BCUT2D eigenvalue weighted by molar-refractivity contribution is -0.132. The number of carbonyl (C=O) groups excluding carboxylic acids is 2. The molecule has 0 spiro atoms. The number of anilines is 1. The predicted molar refractivity (Wildman–Crippen MR) is 80.7 cm³/mol. The molecule has 1 aromatic rings. The average molecular weight is 326 g/mol. The van der Waals surface area contributed by atoms with Crippen molar-refractivity contribution in [1.82, 2.24) is 5.32 Å². The topological polar surface area (TPSA) is 69.6 Å². The normalized spacial score (nSPS) is 19.0. The van der Waals surface area contributed by atoms with Crippen molar-refractivity contribution in [2.45, 2.75) is 32.2 Å². The smallest absolute Gasteiger partial charge is 0.239 e. The van der Waals surface area contributed by atoms with E-state index >= 15 is 0 Å². The van der Waals surface area contributed by atoms with Crippen LogP contribution in [0.25, 0.3) is 0 Å². The molecule has 0 aliphatic carbocycles. The first-order chi connectivity index (χ1) is 11.0. The molecule has 5 nitrogen and oxygen atoms in total. The molecular formula is C16H20F2N2O3. The second-order valence-corrected chi connectivity index (χ2v) is 5.56. The first kappa shape index (κ1) is 17.3. The largest absolute Gasteiger partial charge is 0.396 e. The van der Waals surface area contributed by atoms with Gasteiger partial charge >= 0.3 is 0 Å². The summed E-state index contributed by atoms with van der Waals surface area (Å²) in [5, 5.41) is 11.7. The molecule has 1 aliphatic heterocycles. The highest BCUT2D eigenvalue weighted by molar-refractivity contribution is 6.09. The quantitative estimate of drug-likeness (QED) is 0.780. The second kappa shape index (κ2) is 7.50. The summed E-state index contributed by atoms with van der Waals surface area (Å²) in [6, 6.07) is 3.04. The third kappa shape index (κ3) is 3.85. The van der Waals surface area contributed by atoms with Crippen LogP contribution >= 0.6 is 0 Å². The molecule has 0 aromatic heterocycles. The van der Waals surface area contributed by atoms with Crippen molar-refractivity contribution >= 4 is 17.5 Å². The monoisotopic (exact) mass is 326 g/mol. The van der Waals surface area contributed by atoms with Crippen molar-refractivity contribution in [3.63, 3.8) is 0 Å². The van der Waals surface area contributed by atoms with Crippen LogP contribution in [0.4, 0.5) is 14.5 Å². The molecule has 2 unspecified atom stereocenters. The minimum Gasteiger partial charge on any atom is -0.396 e. The Morgan fingerprint density at radius 1 is 1.43 bits per heavy atom. The number of halogens is 2. The third-order valence-electron chi connectivity index (χ3n) is 4.05. The van der Waals surface area contributed by atoms with E-state index in [-0.39, 0.29) is 30.8 Å². The number of hydrogen-bond acceptors (Lipinski definition) is 3. The number of amides is 2. The van der Waals surface area contributed by atoms with Crippen LogP contribution < -0.4 is 10.2 Å². The number of aliphatic hydroxyl groups is 1. The van der Waals surface area contributed by atoms with E-state index in [9.17, 15) is 18.4 Å². The van der Waals surface area contributed by atoms with Gasteiger partial charge < -0.3 is 15.3 Å². The molecule has 2 rings (SSSR count). The second-order valence-electron chi connectivity index (χ2n) is 5.56. The molecule has 7 heteroatoms. The lowest BCUT2D eigenvalue weighted by atomic mass is 10.1. The van der Waals surface area contributed by atoms with E-state index < -0.39 is 23.5 Å². The summed E-state index contributed by atoms with van der Waals surface area (Å²) in [6.45, 7) is 2.11. The first-order valence-electron chi connectivity index (χ1n) is 7.65. The van der Waals surface area contributed by atoms with Gasteiger partial charge in [-0.25, -0.2) is 8.78 Å². The van der Waals surface area contributed by atoms with Gasteiger partial charge in [0.2, 0.25) is 11.8 Å². The predicted octanol–water partition coefficient (Wildman–Crippen LogP) is 1.59. The van der Waals surface area contributed by atoms with Crippen molar-refractivity contribution in [1.29, 1.82) is 0 Å². The summed E-state index contributed by atoms with van der Waals surface area (Å²) < 4.78 is 26.3. The number of benzene rings is 1. The molecule has 126 valence electrons. The highest BCUT2D eigenvalue weighted by Crippen LogP contribution is 2.26. The van der Waals surface area contributed by atoms with Gasteiger partial charge in [-0.3, -0.25) is 9.59 Å². The molecule has 2 atom stereocenters. The molecule has 0 radical (unpaired) electrons. The standard InChI is InChI=1S/C16H20F2N2O3/c1-2-10(6-8-21)19-15(22)12-5-7-20(16(12)23)11-3-4-13(17)14(18)9-11/h3-4,9-10,12,21H,2,5-8H2,1H3,(H,19,22). The maximum absolute atomic E-state index is 13.3. The molecule has 23 heavy (non-hydrogen) atoms. The van der Waals surface area contributed by atoms with Crippen LogP contribution in [-0.2, 0) is 9.59 Å². The van der Waals surface area contributed by atoms with E-state index in [1.807, 2.05) is 6.92 Å². The van der Waals surface area contributed by atoms with Gasteiger partial charge in [-0.15, -0.1) is 0 Å². The van der Waals surface area contributed by atoms with Gasteiger partial charge in [0.1, 0.15) is 5.92 Å². The number of rotatable bonds is 6. The molecule has 1 aromatic carbocycles. The van der Waals surface area contributed by atoms with E-state index in [4.69, 9.17) is 5.11 Å². The third-order valence-corrected chi connectivity index (χ3v) is 4.05. The summed E-state index contributed by atoms with van der Waals surface area (Å²) in [4.78, 5) is 25.9. The summed E-state index contributed by atoms with van der Waals surface area (Å²) in [5.41, 5.74) is 0.242. The Labute approximate surface area is 133 Å². The molecular weight excluding hydrogens is 306 g/mol. The van der Waals surface area contributed by atoms with Crippen LogP contribution in [0.3, 0.4) is 0 Å². The van der Waals surface area contributed by atoms with Crippen molar-refractivity contribution in [3.8, 4) is 0 Å². The average Bonchev–Trinajstić information content (AvgIpc) is 2.91. The van der Waals surface area contributed by atoms with Gasteiger partial charge in [0.15, 0.2) is 11.6 Å². The van der Waals surface area contributed by atoms with Crippen LogP contribution in [0.1, 0.15) is 26.2 Å². The molecule has 2 N–H and O–H groups in total. The SMILES string of the molecule is CCC(CCO)NC(=O)C1CCN(c2ccc(F)c(F)c2)C1=O. The molecule has 1 heterocycles. The van der Waals surface area contributed by atoms with Crippen molar-refractivity contribution < 1.29 is 23.5 Å². The van der Waals surface area contributed by atoms with Crippen molar-refractivity contribution in [2.75, 3.05) is 18.1 Å². The summed E-state index contributed by atoms with van der Waals surface area (Å²) in [6.07, 6.45) is 1.40. The van der Waals surface area contributed by atoms with E-state index in [2.05, 4.69) is 5.32 Å². The molecule has 1 fully saturated rings. The molecule has 0 saturated carbocycles.